The summed E-state index contributed by atoms with van der Waals surface area (Å²) in [6.45, 7) is 0.440. The van der Waals surface area contributed by atoms with Gasteiger partial charge in [0.25, 0.3) is 11.1 Å². The van der Waals surface area contributed by atoms with Crippen LogP contribution in [0, 0.1) is 0 Å². The first kappa shape index (κ1) is 16.9. The molecule has 1 saturated heterocycles. The van der Waals surface area contributed by atoms with Gasteiger partial charge in [-0.1, -0.05) is 6.07 Å². The van der Waals surface area contributed by atoms with Crippen molar-refractivity contribution in [2.45, 2.75) is 6.42 Å². The number of rotatable bonds is 6. The number of nitrogens with one attached hydrogen (secondary N) is 1. The lowest BCUT2D eigenvalue weighted by Crippen LogP contribution is -2.37. The van der Waals surface area contributed by atoms with E-state index in [4.69, 9.17) is 0 Å². The number of carbonyl (C=O) groups is 3. The van der Waals surface area contributed by atoms with Gasteiger partial charge in [0, 0.05) is 18.0 Å². The summed E-state index contributed by atoms with van der Waals surface area (Å²) in [5.41, 5.74) is 0.961. The molecule has 2 aromatic heterocycles. The lowest BCUT2D eigenvalue weighted by Gasteiger charge is -2.12. The summed E-state index contributed by atoms with van der Waals surface area (Å²) in [5, 5.41) is 8.20. The molecule has 0 aromatic carbocycles. The summed E-state index contributed by atoms with van der Waals surface area (Å²) in [5.74, 6) is -0.417. The number of carbonyl (C=O) groups excluding carboxylic acids is 3. The van der Waals surface area contributed by atoms with Crippen LogP contribution in [0.25, 0.3) is 6.08 Å². The second-order valence-electron chi connectivity index (χ2n) is 5.01. The van der Waals surface area contributed by atoms with Gasteiger partial charge >= 0.3 is 0 Å². The Morgan fingerprint density at radius 1 is 1.25 bits per heavy atom. The highest BCUT2D eigenvalue weighted by Gasteiger charge is 2.34. The van der Waals surface area contributed by atoms with Crippen LogP contribution in [0.15, 0.2) is 39.2 Å². The van der Waals surface area contributed by atoms with E-state index in [2.05, 4.69) is 5.32 Å². The topological polar surface area (TPSA) is 66.5 Å². The molecule has 0 spiro atoms. The van der Waals surface area contributed by atoms with E-state index in [1.54, 1.807) is 17.4 Å². The van der Waals surface area contributed by atoms with Gasteiger partial charge in [-0.15, -0.1) is 11.3 Å². The Balaban J connectivity index is 1.51. The molecule has 124 valence electrons. The smallest absolute Gasteiger partial charge is 0.293 e. The first-order valence-electron chi connectivity index (χ1n) is 7.20. The molecule has 0 bridgehead atoms. The lowest BCUT2D eigenvalue weighted by molar-refractivity contribution is -0.124. The molecular weight excluding hydrogens is 364 g/mol. The maximum atomic E-state index is 12.3. The summed E-state index contributed by atoms with van der Waals surface area (Å²) < 4.78 is 0. The Bertz CT molecular complexity index is 767. The highest BCUT2D eigenvalue weighted by Crippen LogP contribution is 2.32. The minimum atomic E-state index is -0.300. The van der Waals surface area contributed by atoms with Crippen molar-refractivity contribution in [2.24, 2.45) is 0 Å². The van der Waals surface area contributed by atoms with Crippen LogP contribution < -0.4 is 5.32 Å². The Labute approximate surface area is 151 Å². The quantitative estimate of drug-likeness (QED) is 0.784. The number of hydrogen-bond acceptors (Lipinski definition) is 6. The van der Waals surface area contributed by atoms with Crippen molar-refractivity contribution in [3.05, 3.63) is 49.7 Å². The summed E-state index contributed by atoms with van der Waals surface area (Å²) in [6, 6.07) is 5.68. The van der Waals surface area contributed by atoms with Crippen LogP contribution in [0.2, 0.25) is 0 Å². The van der Waals surface area contributed by atoms with E-state index in [0.717, 1.165) is 22.2 Å². The van der Waals surface area contributed by atoms with Crippen LogP contribution >= 0.6 is 34.4 Å². The van der Waals surface area contributed by atoms with Crippen LogP contribution in [0.3, 0.4) is 0 Å². The first-order valence-corrected chi connectivity index (χ1v) is 9.84. The molecule has 0 saturated carbocycles. The van der Waals surface area contributed by atoms with Crippen molar-refractivity contribution in [3.63, 3.8) is 0 Å². The number of hydrogen-bond donors (Lipinski definition) is 1. The molecule has 0 aliphatic carbocycles. The zero-order valence-corrected chi connectivity index (χ0v) is 15.0. The minimum absolute atomic E-state index is 0.116. The molecule has 0 atom stereocenters. The number of imide groups is 1. The van der Waals surface area contributed by atoms with Crippen molar-refractivity contribution >= 4 is 57.6 Å². The molecular formula is C16H14N2O3S3. The normalized spacial score (nSPS) is 16.2. The fourth-order valence-corrected chi connectivity index (χ4v) is 4.40. The van der Waals surface area contributed by atoms with Gasteiger partial charge in [-0.25, -0.2) is 0 Å². The van der Waals surface area contributed by atoms with Crippen molar-refractivity contribution in [1.29, 1.82) is 0 Å². The highest BCUT2D eigenvalue weighted by atomic mass is 32.2. The van der Waals surface area contributed by atoms with E-state index >= 15 is 0 Å². The van der Waals surface area contributed by atoms with Gasteiger partial charge in [0.2, 0.25) is 5.91 Å². The monoisotopic (exact) mass is 378 g/mol. The van der Waals surface area contributed by atoms with Crippen LogP contribution in [-0.4, -0.2) is 35.0 Å². The SMILES string of the molecule is O=C(Cc1ccsc1)NCCN1C(=O)S/C(=C\c2cccs2)C1=O. The number of thiophene rings is 2. The van der Waals surface area contributed by atoms with Gasteiger partial charge in [-0.2, -0.15) is 11.3 Å². The average molecular weight is 379 g/mol. The van der Waals surface area contributed by atoms with E-state index in [9.17, 15) is 14.4 Å². The largest absolute Gasteiger partial charge is 0.354 e. The Hall–Kier alpha value is -1.90. The highest BCUT2D eigenvalue weighted by molar-refractivity contribution is 8.18. The van der Waals surface area contributed by atoms with Gasteiger partial charge in [-0.05, 0) is 51.7 Å². The molecule has 1 fully saturated rings. The number of nitrogens with zero attached hydrogens (tertiary/aromatic N) is 1. The maximum absolute atomic E-state index is 12.3. The van der Waals surface area contributed by atoms with E-state index < -0.39 is 0 Å². The summed E-state index contributed by atoms with van der Waals surface area (Å²) in [6.07, 6.45) is 2.04. The molecule has 0 radical (unpaired) electrons. The van der Waals surface area contributed by atoms with Gasteiger partial charge < -0.3 is 5.32 Å². The standard InChI is InChI=1S/C16H14N2O3S3/c19-14(8-11-3-7-22-10-11)17-4-5-18-15(20)13(24-16(18)21)9-12-2-1-6-23-12/h1-3,6-7,9-10H,4-5,8H2,(H,17,19)/b13-9-. The Kier molecular flexibility index (Phi) is 5.49. The first-order chi connectivity index (χ1) is 11.6. The van der Waals surface area contributed by atoms with Crippen LogP contribution in [0.5, 0.6) is 0 Å². The molecule has 1 aliphatic heterocycles. The Morgan fingerprint density at radius 3 is 2.83 bits per heavy atom. The predicted octanol–water partition coefficient (Wildman–Crippen LogP) is 3.20. The van der Waals surface area contributed by atoms with Gasteiger partial charge in [0.05, 0.1) is 11.3 Å². The summed E-state index contributed by atoms with van der Waals surface area (Å²) in [7, 11) is 0. The second kappa shape index (κ2) is 7.78. The maximum Gasteiger partial charge on any atom is 0.293 e. The number of amides is 3. The molecule has 1 aliphatic rings. The zero-order chi connectivity index (χ0) is 16.9. The van der Waals surface area contributed by atoms with Gasteiger partial charge in [0.1, 0.15) is 0 Å². The van der Waals surface area contributed by atoms with Crippen molar-refractivity contribution in [2.75, 3.05) is 13.1 Å². The molecule has 3 rings (SSSR count). The summed E-state index contributed by atoms with van der Waals surface area (Å²) in [4.78, 5) is 38.6. The fraction of sp³-hybridized carbons (Fsp3) is 0.188. The van der Waals surface area contributed by atoms with Gasteiger partial charge in [0.15, 0.2) is 0 Å². The molecule has 0 unspecified atom stereocenters. The second-order valence-corrected chi connectivity index (χ2v) is 7.76. The van der Waals surface area contributed by atoms with E-state index in [1.165, 1.54) is 16.2 Å². The zero-order valence-electron chi connectivity index (χ0n) is 12.6. The van der Waals surface area contributed by atoms with Crippen LogP contribution in [0.1, 0.15) is 10.4 Å². The molecule has 5 nitrogen and oxygen atoms in total. The van der Waals surface area contributed by atoms with Crippen LogP contribution in [0.4, 0.5) is 4.79 Å². The average Bonchev–Trinajstić information content (AvgIpc) is 3.27. The summed E-state index contributed by atoms with van der Waals surface area (Å²) >= 11 is 3.99. The third-order valence-electron chi connectivity index (χ3n) is 3.29. The molecule has 24 heavy (non-hydrogen) atoms. The predicted molar refractivity (Wildman–Crippen MR) is 98.0 cm³/mol. The molecule has 3 heterocycles. The molecule has 3 amide bonds. The molecule has 8 heteroatoms. The third kappa shape index (κ3) is 4.14. The van der Waals surface area contributed by atoms with E-state index in [-0.39, 0.29) is 30.1 Å². The van der Waals surface area contributed by atoms with Crippen molar-refractivity contribution < 1.29 is 14.4 Å². The molecule has 2 aromatic rings. The molecule has 1 N–H and O–H groups in total. The van der Waals surface area contributed by atoms with Gasteiger partial charge in [-0.3, -0.25) is 19.3 Å². The van der Waals surface area contributed by atoms with E-state index in [1.807, 2.05) is 34.3 Å². The minimum Gasteiger partial charge on any atom is -0.354 e. The number of thioether (sulfide) groups is 1. The fourth-order valence-electron chi connectivity index (χ4n) is 2.14. The van der Waals surface area contributed by atoms with Crippen molar-refractivity contribution in [3.8, 4) is 0 Å². The van der Waals surface area contributed by atoms with Crippen molar-refractivity contribution in [1.82, 2.24) is 10.2 Å². The van der Waals surface area contributed by atoms with E-state index in [0.29, 0.717) is 11.3 Å². The Morgan fingerprint density at radius 2 is 2.12 bits per heavy atom. The lowest BCUT2D eigenvalue weighted by atomic mass is 10.2. The third-order valence-corrected chi connectivity index (χ3v) is 5.75. The van der Waals surface area contributed by atoms with Crippen LogP contribution in [-0.2, 0) is 16.0 Å².